The van der Waals surface area contributed by atoms with Crippen molar-refractivity contribution in [1.29, 1.82) is 0 Å². The molecule has 3 nitrogen and oxygen atoms in total. The van der Waals surface area contributed by atoms with Gasteiger partial charge in [-0.2, -0.15) is 0 Å². The SMILES string of the molecule is Cc1nc(-c2ccccc2)sc1C(=O)CO. The number of carbonyl (C=O) groups excluding carboxylic acids is 1. The molecule has 1 heterocycles. The van der Waals surface area contributed by atoms with Crippen LogP contribution in [0, 0.1) is 6.92 Å². The summed E-state index contributed by atoms with van der Waals surface area (Å²) in [5.41, 5.74) is 1.68. The molecule has 2 rings (SSSR count). The summed E-state index contributed by atoms with van der Waals surface area (Å²) >= 11 is 1.32. The summed E-state index contributed by atoms with van der Waals surface area (Å²) in [6.07, 6.45) is 0. The first-order valence-electron chi connectivity index (χ1n) is 4.89. The summed E-state index contributed by atoms with van der Waals surface area (Å²) in [4.78, 5) is 16.3. The molecule has 16 heavy (non-hydrogen) atoms. The van der Waals surface area contributed by atoms with E-state index in [1.54, 1.807) is 6.92 Å². The standard InChI is InChI=1S/C12H11NO2S/c1-8-11(10(15)7-14)16-12(13-8)9-5-3-2-4-6-9/h2-6,14H,7H2,1H3. The topological polar surface area (TPSA) is 50.2 Å². The summed E-state index contributed by atoms with van der Waals surface area (Å²) in [6, 6.07) is 9.69. The van der Waals surface area contributed by atoms with Crippen molar-refractivity contribution >= 4 is 17.1 Å². The van der Waals surface area contributed by atoms with Crippen molar-refractivity contribution in [3.05, 3.63) is 40.9 Å². The Bertz CT molecular complexity index is 505. The van der Waals surface area contributed by atoms with Crippen molar-refractivity contribution in [3.8, 4) is 10.6 Å². The van der Waals surface area contributed by atoms with Gasteiger partial charge in [-0.3, -0.25) is 4.79 Å². The number of carbonyl (C=O) groups is 1. The lowest BCUT2D eigenvalue weighted by Crippen LogP contribution is -2.03. The average molecular weight is 233 g/mol. The zero-order valence-electron chi connectivity index (χ0n) is 8.80. The highest BCUT2D eigenvalue weighted by Crippen LogP contribution is 2.27. The van der Waals surface area contributed by atoms with Crippen LogP contribution < -0.4 is 0 Å². The Balaban J connectivity index is 2.42. The molecular formula is C12H11NO2S. The molecule has 0 fully saturated rings. The third-order valence-corrected chi connectivity index (χ3v) is 3.46. The second kappa shape index (κ2) is 4.55. The van der Waals surface area contributed by atoms with Gasteiger partial charge in [0.2, 0.25) is 0 Å². The molecule has 1 N–H and O–H groups in total. The minimum atomic E-state index is -0.461. The summed E-state index contributed by atoms with van der Waals surface area (Å²) in [7, 11) is 0. The molecular weight excluding hydrogens is 222 g/mol. The van der Waals surface area contributed by atoms with Crippen LogP contribution in [-0.4, -0.2) is 22.5 Å². The first kappa shape index (κ1) is 11.0. The van der Waals surface area contributed by atoms with E-state index < -0.39 is 6.61 Å². The van der Waals surface area contributed by atoms with Crippen LogP contribution in [0.3, 0.4) is 0 Å². The largest absolute Gasteiger partial charge is 0.388 e. The fourth-order valence-electron chi connectivity index (χ4n) is 1.43. The second-order valence-corrected chi connectivity index (χ2v) is 4.38. The van der Waals surface area contributed by atoms with Gasteiger partial charge in [-0.15, -0.1) is 11.3 Å². The van der Waals surface area contributed by atoms with E-state index in [0.29, 0.717) is 10.6 Å². The lowest BCUT2D eigenvalue weighted by atomic mass is 10.2. The Morgan fingerprint density at radius 1 is 1.38 bits per heavy atom. The van der Waals surface area contributed by atoms with E-state index in [1.165, 1.54) is 11.3 Å². The number of ketones is 1. The first-order valence-corrected chi connectivity index (χ1v) is 5.71. The number of hydrogen-bond acceptors (Lipinski definition) is 4. The average Bonchev–Trinajstić information content (AvgIpc) is 2.71. The zero-order chi connectivity index (χ0) is 11.5. The van der Waals surface area contributed by atoms with E-state index in [0.717, 1.165) is 10.6 Å². The van der Waals surface area contributed by atoms with Gasteiger partial charge < -0.3 is 5.11 Å². The molecule has 0 amide bonds. The van der Waals surface area contributed by atoms with Gasteiger partial charge >= 0.3 is 0 Å². The summed E-state index contributed by atoms with van der Waals surface area (Å²) in [5.74, 6) is -0.266. The molecule has 0 atom stereocenters. The highest BCUT2D eigenvalue weighted by molar-refractivity contribution is 7.17. The molecule has 0 aliphatic carbocycles. The molecule has 0 saturated heterocycles. The minimum Gasteiger partial charge on any atom is -0.388 e. The zero-order valence-corrected chi connectivity index (χ0v) is 9.62. The third kappa shape index (κ3) is 2.03. The van der Waals surface area contributed by atoms with E-state index in [1.807, 2.05) is 30.3 Å². The van der Waals surface area contributed by atoms with Crippen LogP contribution in [0.1, 0.15) is 15.4 Å². The van der Waals surface area contributed by atoms with E-state index in [2.05, 4.69) is 4.98 Å². The molecule has 0 aliphatic rings. The van der Waals surface area contributed by atoms with Crippen LogP contribution in [0.15, 0.2) is 30.3 Å². The van der Waals surface area contributed by atoms with Crippen molar-refractivity contribution in [2.45, 2.75) is 6.92 Å². The van der Waals surface area contributed by atoms with Gasteiger partial charge in [0.1, 0.15) is 11.6 Å². The van der Waals surface area contributed by atoms with Gasteiger partial charge in [0.05, 0.1) is 10.6 Å². The minimum absolute atomic E-state index is 0.266. The highest BCUT2D eigenvalue weighted by Gasteiger charge is 2.14. The molecule has 82 valence electrons. The van der Waals surface area contributed by atoms with Crippen molar-refractivity contribution in [3.63, 3.8) is 0 Å². The number of benzene rings is 1. The summed E-state index contributed by atoms with van der Waals surface area (Å²) in [5, 5.41) is 9.64. The predicted molar refractivity (Wildman–Crippen MR) is 63.7 cm³/mol. The normalized spacial score (nSPS) is 10.4. The van der Waals surface area contributed by atoms with Crippen molar-refractivity contribution < 1.29 is 9.90 Å². The molecule has 0 bridgehead atoms. The van der Waals surface area contributed by atoms with E-state index in [4.69, 9.17) is 5.11 Å². The number of aryl methyl sites for hydroxylation is 1. The van der Waals surface area contributed by atoms with Crippen molar-refractivity contribution in [2.75, 3.05) is 6.61 Å². The summed E-state index contributed by atoms with van der Waals surface area (Å²) in [6.45, 7) is 1.32. The van der Waals surface area contributed by atoms with E-state index in [-0.39, 0.29) is 5.78 Å². The Labute approximate surface area is 97.4 Å². The highest BCUT2D eigenvalue weighted by atomic mass is 32.1. The van der Waals surface area contributed by atoms with Gasteiger partial charge in [-0.1, -0.05) is 30.3 Å². The predicted octanol–water partition coefficient (Wildman–Crippen LogP) is 2.29. The maximum atomic E-state index is 11.4. The molecule has 0 radical (unpaired) electrons. The summed E-state index contributed by atoms with van der Waals surface area (Å²) < 4.78 is 0. The van der Waals surface area contributed by atoms with Crippen LogP contribution in [0.25, 0.3) is 10.6 Å². The smallest absolute Gasteiger partial charge is 0.199 e. The van der Waals surface area contributed by atoms with Gasteiger partial charge in [0.15, 0.2) is 5.78 Å². The van der Waals surface area contributed by atoms with Gasteiger partial charge in [0.25, 0.3) is 0 Å². The Morgan fingerprint density at radius 3 is 2.69 bits per heavy atom. The quantitative estimate of drug-likeness (QED) is 0.827. The van der Waals surface area contributed by atoms with Crippen LogP contribution >= 0.6 is 11.3 Å². The molecule has 0 spiro atoms. The van der Waals surface area contributed by atoms with E-state index in [9.17, 15) is 4.79 Å². The second-order valence-electron chi connectivity index (χ2n) is 3.38. The molecule has 1 aromatic carbocycles. The molecule has 4 heteroatoms. The number of hydrogen-bond donors (Lipinski definition) is 1. The third-order valence-electron chi connectivity index (χ3n) is 2.21. The van der Waals surface area contributed by atoms with Gasteiger partial charge in [-0.25, -0.2) is 4.98 Å². The monoisotopic (exact) mass is 233 g/mol. The van der Waals surface area contributed by atoms with Gasteiger partial charge in [-0.05, 0) is 6.92 Å². The van der Waals surface area contributed by atoms with Gasteiger partial charge in [0, 0.05) is 5.56 Å². The number of rotatable bonds is 3. The molecule has 2 aromatic rings. The van der Waals surface area contributed by atoms with Crippen LogP contribution in [0.4, 0.5) is 0 Å². The first-order chi connectivity index (χ1) is 7.72. The molecule has 0 saturated carbocycles. The molecule has 1 aromatic heterocycles. The number of aliphatic hydroxyl groups is 1. The lowest BCUT2D eigenvalue weighted by Gasteiger charge is -1.92. The van der Waals surface area contributed by atoms with Crippen molar-refractivity contribution in [1.82, 2.24) is 4.98 Å². The number of Topliss-reactive ketones (excluding diaryl/α,β-unsaturated/α-hetero) is 1. The molecule has 0 aliphatic heterocycles. The Kier molecular flexibility index (Phi) is 3.12. The Morgan fingerprint density at radius 2 is 2.06 bits per heavy atom. The lowest BCUT2D eigenvalue weighted by molar-refractivity contribution is 0.0907. The number of nitrogens with zero attached hydrogens (tertiary/aromatic N) is 1. The number of aliphatic hydroxyl groups excluding tert-OH is 1. The number of aromatic nitrogens is 1. The fraction of sp³-hybridized carbons (Fsp3) is 0.167. The Hall–Kier alpha value is -1.52. The number of thiazole rings is 1. The molecule has 0 unspecified atom stereocenters. The van der Waals surface area contributed by atoms with Crippen LogP contribution in [0.2, 0.25) is 0 Å². The van der Waals surface area contributed by atoms with Crippen LogP contribution in [-0.2, 0) is 0 Å². The maximum absolute atomic E-state index is 11.4. The van der Waals surface area contributed by atoms with Crippen LogP contribution in [0.5, 0.6) is 0 Å². The maximum Gasteiger partial charge on any atom is 0.199 e. The van der Waals surface area contributed by atoms with E-state index >= 15 is 0 Å². The van der Waals surface area contributed by atoms with Crippen molar-refractivity contribution in [2.24, 2.45) is 0 Å². The fourth-order valence-corrected chi connectivity index (χ4v) is 2.43.